The summed E-state index contributed by atoms with van der Waals surface area (Å²) in [7, 11) is 0. The minimum absolute atomic E-state index is 0.0955. The number of hydrogen-bond acceptors (Lipinski definition) is 1. The number of rotatable bonds is 2. The van der Waals surface area contributed by atoms with E-state index in [-0.39, 0.29) is 10.8 Å². The van der Waals surface area contributed by atoms with Crippen LogP contribution in [0.1, 0.15) is 49.9 Å². The predicted molar refractivity (Wildman–Crippen MR) is 203 cm³/mol. The lowest BCUT2D eigenvalue weighted by atomic mass is 9.80. The van der Waals surface area contributed by atoms with Crippen LogP contribution >= 0.6 is 0 Å². The van der Waals surface area contributed by atoms with Gasteiger partial charge in [-0.05, 0) is 126 Å². The summed E-state index contributed by atoms with van der Waals surface area (Å²) < 4.78 is 0. The lowest BCUT2D eigenvalue weighted by molar-refractivity contribution is 0.661. The van der Waals surface area contributed by atoms with E-state index in [1.54, 1.807) is 0 Å². The molecule has 1 heterocycles. The van der Waals surface area contributed by atoms with E-state index in [1.807, 2.05) is 0 Å². The van der Waals surface area contributed by atoms with E-state index < -0.39 is 0 Å². The molecule has 2 aliphatic carbocycles. The molecule has 0 radical (unpaired) electrons. The molecule has 0 bridgehead atoms. The molecule has 2 aliphatic rings. The first-order valence-electron chi connectivity index (χ1n) is 17.0. The second kappa shape index (κ2) is 9.52. The van der Waals surface area contributed by atoms with Gasteiger partial charge in [-0.25, -0.2) is 4.98 Å². The van der Waals surface area contributed by atoms with Crippen LogP contribution in [0.3, 0.4) is 0 Å². The number of nitrogens with zero attached hydrogens (tertiary/aromatic N) is 1. The van der Waals surface area contributed by atoms with Crippen molar-refractivity contribution < 1.29 is 0 Å². The highest BCUT2D eigenvalue weighted by Crippen LogP contribution is 2.53. The van der Waals surface area contributed by atoms with Gasteiger partial charge in [-0.3, -0.25) is 0 Å². The maximum Gasteiger partial charge on any atom is 0.0716 e. The van der Waals surface area contributed by atoms with Crippen molar-refractivity contribution in [3.8, 4) is 44.6 Å². The van der Waals surface area contributed by atoms with Gasteiger partial charge in [0, 0.05) is 21.8 Å². The Labute approximate surface area is 281 Å². The van der Waals surface area contributed by atoms with Crippen LogP contribution in [0.2, 0.25) is 0 Å². The third kappa shape index (κ3) is 3.76. The summed E-state index contributed by atoms with van der Waals surface area (Å²) in [6.07, 6.45) is 0. The average Bonchev–Trinajstić information content (AvgIpc) is 3.47. The molecular formula is C47H35N. The van der Waals surface area contributed by atoms with Crippen LogP contribution < -0.4 is 0 Å². The zero-order valence-electron chi connectivity index (χ0n) is 27.7. The third-order valence-electron chi connectivity index (χ3n) is 11.4. The Bertz CT molecular complexity index is 2670. The molecule has 0 saturated carbocycles. The zero-order valence-corrected chi connectivity index (χ0v) is 27.7. The van der Waals surface area contributed by atoms with Gasteiger partial charge < -0.3 is 0 Å². The molecule has 0 atom stereocenters. The van der Waals surface area contributed by atoms with Crippen molar-refractivity contribution in [1.29, 1.82) is 0 Å². The van der Waals surface area contributed by atoms with Gasteiger partial charge in [0.2, 0.25) is 0 Å². The molecular weight excluding hydrogens is 579 g/mol. The van der Waals surface area contributed by atoms with Crippen LogP contribution in [-0.4, -0.2) is 4.98 Å². The van der Waals surface area contributed by atoms with Crippen molar-refractivity contribution in [2.24, 2.45) is 0 Å². The van der Waals surface area contributed by atoms with Crippen LogP contribution in [-0.2, 0) is 10.8 Å². The lowest BCUT2D eigenvalue weighted by Gasteiger charge is -2.23. The Hall–Kier alpha value is -5.53. The summed E-state index contributed by atoms with van der Waals surface area (Å²) in [5.74, 6) is 0. The number of aromatic nitrogens is 1. The van der Waals surface area contributed by atoms with Gasteiger partial charge in [-0.1, -0.05) is 119 Å². The summed E-state index contributed by atoms with van der Waals surface area (Å²) in [4.78, 5) is 5.26. The zero-order chi connectivity index (χ0) is 32.4. The first-order chi connectivity index (χ1) is 23.3. The first kappa shape index (κ1) is 27.6. The van der Waals surface area contributed by atoms with Crippen molar-refractivity contribution in [2.45, 2.75) is 38.5 Å². The van der Waals surface area contributed by atoms with E-state index in [1.165, 1.54) is 82.6 Å². The molecule has 0 amide bonds. The van der Waals surface area contributed by atoms with Crippen LogP contribution in [0.4, 0.5) is 0 Å². The Morgan fingerprint density at radius 2 is 0.833 bits per heavy atom. The molecule has 8 aromatic rings. The number of hydrogen-bond donors (Lipinski definition) is 0. The van der Waals surface area contributed by atoms with Crippen molar-refractivity contribution in [1.82, 2.24) is 4.98 Å². The summed E-state index contributed by atoms with van der Waals surface area (Å²) >= 11 is 0. The summed E-state index contributed by atoms with van der Waals surface area (Å²) in [5.41, 5.74) is 16.4. The highest BCUT2D eigenvalue weighted by molar-refractivity contribution is 6.00. The van der Waals surface area contributed by atoms with E-state index in [0.29, 0.717) is 0 Å². The van der Waals surface area contributed by atoms with Gasteiger partial charge in [0.05, 0.1) is 11.2 Å². The van der Waals surface area contributed by atoms with Crippen LogP contribution in [0.15, 0.2) is 140 Å². The Morgan fingerprint density at radius 1 is 0.375 bits per heavy atom. The minimum Gasteiger partial charge on any atom is -0.248 e. The van der Waals surface area contributed by atoms with E-state index in [2.05, 4.69) is 167 Å². The van der Waals surface area contributed by atoms with Crippen LogP contribution in [0.25, 0.3) is 77.1 Å². The average molecular weight is 614 g/mol. The Kier molecular flexibility index (Phi) is 5.47. The van der Waals surface area contributed by atoms with Crippen LogP contribution in [0.5, 0.6) is 0 Å². The Morgan fingerprint density at radius 3 is 1.42 bits per heavy atom. The monoisotopic (exact) mass is 613 g/mol. The normalized spacial score (nSPS) is 15.0. The minimum atomic E-state index is -0.101. The number of para-hydroxylation sites is 1. The number of pyridine rings is 1. The third-order valence-corrected chi connectivity index (χ3v) is 11.4. The largest absolute Gasteiger partial charge is 0.248 e. The van der Waals surface area contributed by atoms with Gasteiger partial charge in [0.25, 0.3) is 0 Å². The molecule has 0 saturated heterocycles. The fourth-order valence-corrected chi connectivity index (χ4v) is 8.73. The van der Waals surface area contributed by atoms with Gasteiger partial charge >= 0.3 is 0 Å². The highest BCUT2D eigenvalue weighted by Gasteiger charge is 2.37. The summed E-state index contributed by atoms with van der Waals surface area (Å²) in [6, 6.07) is 52.0. The summed E-state index contributed by atoms with van der Waals surface area (Å²) in [5, 5.41) is 6.37. The smallest absolute Gasteiger partial charge is 0.0716 e. The van der Waals surface area contributed by atoms with Crippen molar-refractivity contribution in [2.75, 3.05) is 0 Å². The molecule has 1 nitrogen and oxygen atoms in total. The van der Waals surface area contributed by atoms with Crippen molar-refractivity contribution in [3.63, 3.8) is 0 Å². The maximum atomic E-state index is 5.26. The molecule has 0 aliphatic heterocycles. The van der Waals surface area contributed by atoms with E-state index in [4.69, 9.17) is 4.98 Å². The quantitative estimate of drug-likeness (QED) is 0.189. The van der Waals surface area contributed by atoms with Gasteiger partial charge in [0.15, 0.2) is 0 Å². The van der Waals surface area contributed by atoms with Gasteiger partial charge in [-0.15, -0.1) is 0 Å². The maximum absolute atomic E-state index is 5.26. The molecule has 1 aromatic heterocycles. The van der Waals surface area contributed by atoms with E-state index in [0.717, 1.165) is 16.8 Å². The van der Waals surface area contributed by atoms with E-state index >= 15 is 0 Å². The fraction of sp³-hybridized carbons (Fsp3) is 0.128. The second-order valence-corrected chi connectivity index (χ2v) is 14.8. The SMILES string of the molecule is CC1(C)c2cc(-c3cc(-c4ccc5c(c4)C(C)(C)c4cc6ccccc6cc4-5)c4ccccc4n3)ccc2-c2cc3ccccc3cc21. The molecule has 48 heavy (non-hydrogen) atoms. The summed E-state index contributed by atoms with van der Waals surface area (Å²) in [6.45, 7) is 9.48. The van der Waals surface area contributed by atoms with Crippen molar-refractivity contribution >= 4 is 32.4 Å². The molecule has 228 valence electrons. The lowest BCUT2D eigenvalue weighted by Crippen LogP contribution is -2.15. The molecule has 1 heteroatoms. The highest BCUT2D eigenvalue weighted by atomic mass is 14.7. The van der Waals surface area contributed by atoms with Crippen molar-refractivity contribution in [3.05, 3.63) is 162 Å². The number of fused-ring (bicyclic) bond motifs is 9. The predicted octanol–water partition coefficient (Wildman–Crippen LogP) is 12.5. The topological polar surface area (TPSA) is 12.9 Å². The standard InChI is InChI=1S/C47H35N/c1-46(2)40-25-32(17-19-34(40)38-21-28-11-5-7-13-30(28)23-42(38)46)37-27-45(48-44-16-10-9-15-36(37)44)33-18-20-35-39-22-29-12-6-8-14-31(29)24-43(39)47(3,4)41(35)26-33/h5-27H,1-4H3. The van der Waals surface area contributed by atoms with Crippen LogP contribution in [0, 0.1) is 0 Å². The molecule has 0 unspecified atom stereocenters. The molecule has 7 aromatic carbocycles. The molecule has 0 N–H and O–H groups in total. The molecule has 0 spiro atoms. The molecule has 10 rings (SSSR count). The Balaban J connectivity index is 1.13. The van der Waals surface area contributed by atoms with Gasteiger partial charge in [-0.2, -0.15) is 0 Å². The first-order valence-corrected chi connectivity index (χ1v) is 17.0. The number of benzene rings is 7. The second-order valence-electron chi connectivity index (χ2n) is 14.8. The van der Waals surface area contributed by atoms with Gasteiger partial charge in [0.1, 0.15) is 0 Å². The van der Waals surface area contributed by atoms with E-state index in [9.17, 15) is 0 Å². The fourth-order valence-electron chi connectivity index (χ4n) is 8.73. The molecule has 0 fully saturated rings.